The number of hydrogen-bond donors (Lipinski definition) is 1. The van der Waals surface area contributed by atoms with Crippen LogP contribution >= 0.6 is 0 Å². The first-order valence-corrected chi connectivity index (χ1v) is 6.84. The average Bonchev–Trinajstić information content (AvgIpc) is 2.36. The second-order valence-electron chi connectivity index (χ2n) is 5.31. The molecule has 1 atom stereocenters. The van der Waals surface area contributed by atoms with Crippen LogP contribution in [0.3, 0.4) is 0 Å². The van der Waals surface area contributed by atoms with Gasteiger partial charge in [0.2, 0.25) is 0 Å². The molecule has 1 saturated carbocycles. The summed E-state index contributed by atoms with van der Waals surface area (Å²) >= 11 is 0. The van der Waals surface area contributed by atoms with Crippen LogP contribution in [0.25, 0.3) is 10.9 Å². The van der Waals surface area contributed by atoms with Gasteiger partial charge in [-0.3, -0.25) is 0 Å². The van der Waals surface area contributed by atoms with Crippen molar-refractivity contribution >= 4 is 16.6 Å². The Kier molecular flexibility index (Phi) is 3.08. The summed E-state index contributed by atoms with van der Waals surface area (Å²) in [5.74, 6) is 0.762. The van der Waals surface area contributed by atoms with E-state index in [2.05, 4.69) is 29.4 Å². The predicted molar refractivity (Wildman–Crippen MR) is 76.9 cm³/mol. The highest BCUT2D eigenvalue weighted by molar-refractivity contribution is 5.91. The minimum Gasteiger partial charge on any atom is -0.382 e. The Morgan fingerprint density at radius 3 is 2.84 bits per heavy atom. The van der Waals surface area contributed by atoms with Crippen molar-refractivity contribution in [3.8, 4) is 6.07 Å². The topological polar surface area (TPSA) is 48.7 Å². The van der Waals surface area contributed by atoms with Crippen LogP contribution in [0.4, 0.5) is 5.69 Å². The van der Waals surface area contributed by atoms with Gasteiger partial charge in [0.15, 0.2) is 0 Å². The Bertz CT molecular complexity index is 638. The fourth-order valence-electron chi connectivity index (χ4n) is 2.66. The normalized spacial score (nSPS) is 16.6. The smallest absolute Gasteiger partial charge is 0.143 e. The van der Waals surface area contributed by atoms with Crippen molar-refractivity contribution < 1.29 is 0 Å². The molecule has 1 unspecified atom stereocenters. The van der Waals surface area contributed by atoms with Crippen molar-refractivity contribution in [1.29, 1.82) is 5.26 Å². The predicted octanol–water partition coefficient (Wildman–Crippen LogP) is 3.71. The third kappa shape index (κ3) is 2.26. The van der Waals surface area contributed by atoms with E-state index >= 15 is 0 Å². The van der Waals surface area contributed by atoms with Crippen LogP contribution in [0.15, 0.2) is 30.3 Å². The molecule has 19 heavy (non-hydrogen) atoms. The summed E-state index contributed by atoms with van der Waals surface area (Å²) in [6.07, 6.45) is 3.96. The molecule has 3 rings (SSSR count). The van der Waals surface area contributed by atoms with Crippen LogP contribution in [0.5, 0.6) is 0 Å². The first-order valence-electron chi connectivity index (χ1n) is 6.84. The van der Waals surface area contributed by atoms with Crippen LogP contribution in [0, 0.1) is 17.2 Å². The molecule has 3 heteroatoms. The highest BCUT2D eigenvalue weighted by Gasteiger charge is 2.24. The molecule has 1 N–H and O–H groups in total. The zero-order valence-corrected chi connectivity index (χ0v) is 11.1. The monoisotopic (exact) mass is 251 g/mol. The number of pyridine rings is 1. The van der Waals surface area contributed by atoms with Crippen molar-refractivity contribution in [3.05, 3.63) is 36.0 Å². The molecule has 0 spiro atoms. The van der Waals surface area contributed by atoms with Crippen molar-refractivity contribution in [2.24, 2.45) is 5.92 Å². The second kappa shape index (κ2) is 4.89. The first-order chi connectivity index (χ1) is 9.28. The van der Waals surface area contributed by atoms with Crippen LogP contribution in [-0.2, 0) is 0 Å². The number of anilines is 1. The SMILES string of the molecule is CC(Nc1cc(C#N)nc2ccccc12)C1CCC1. The maximum atomic E-state index is 9.08. The van der Waals surface area contributed by atoms with E-state index in [0.717, 1.165) is 22.5 Å². The molecule has 2 aromatic rings. The molecule has 0 saturated heterocycles. The maximum absolute atomic E-state index is 9.08. The molecule has 1 fully saturated rings. The first kappa shape index (κ1) is 12.0. The lowest BCUT2D eigenvalue weighted by atomic mass is 9.80. The summed E-state index contributed by atoms with van der Waals surface area (Å²) in [5.41, 5.74) is 2.38. The summed E-state index contributed by atoms with van der Waals surface area (Å²) in [5, 5.41) is 13.7. The Morgan fingerprint density at radius 2 is 2.16 bits per heavy atom. The van der Waals surface area contributed by atoms with Gasteiger partial charge in [-0.25, -0.2) is 4.98 Å². The van der Waals surface area contributed by atoms with Crippen molar-refractivity contribution in [2.45, 2.75) is 32.2 Å². The largest absolute Gasteiger partial charge is 0.382 e. The third-order valence-corrected chi connectivity index (χ3v) is 4.07. The highest BCUT2D eigenvalue weighted by Crippen LogP contribution is 2.32. The van der Waals surface area contributed by atoms with Crippen molar-refractivity contribution in [2.75, 3.05) is 5.32 Å². The minimum absolute atomic E-state index is 0.450. The molecule has 0 bridgehead atoms. The number of nitrogens with zero attached hydrogens (tertiary/aromatic N) is 2. The molecule has 0 aliphatic heterocycles. The van der Waals surface area contributed by atoms with Gasteiger partial charge in [-0.05, 0) is 37.8 Å². The zero-order chi connectivity index (χ0) is 13.2. The van der Waals surface area contributed by atoms with Gasteiger partial charge in [0, 0.05) is 17.1 Å². The molecule has 96 valence electrons. The molecule has 1 heterocycles. The minimum atomic E-state index is 0.450. The fraction of sp³-hybridized carbons (Fsp3) is 0.375. The lowest BCUT2D eigenvalue weighted by Crippen LogP contribution is -2.30. The number of nitrogens with one attached hydrogen (secondary N) is 1. The van der Waals surface area contributed by atoms with Gasteiger partial charge in [-0.1, -0.05) is 24.6 Å². The third-order valence-electron chi connectivity index (χ3n) is 4.07. The zero-order valence-electron chi connectivity index (χ0n) is 11.1. The number of aromatic nitrogens is 1. The summed E-state index contributed by atoms with van der Waals surface area (Å²) in [7, 11) is 0. The van der Waals surface area contributed by atoms with Crippen molar-refractivity contribution in [3.63, 3.8) is 0 Å². The number of fused-ring (bicyclic) bond motifs is 1. The van der Waals surface area contributed by atoms with E-state index in [1.807, 2.05) is 24.3 Å². The molecule has 1 aromatic carbocycles. The van der Waals surface area contributed by atoms with Crippen molar-refractivity contribution in [1.82, 2.24) is 4.98 Å². The Morgan fingerprint density at radius 1 is 1.37 bits per heavy atom. The molecular formula is C16H17N3. The van der Waals surface area contributed by atoms with E-state index < -0.39 is 0 Å². The van der Waals surface area contributed by atoms with Gasteiger partial charge >= 0.3 is 0 Å². The molecule has 1 aromatic heterocycles. The number of rotatable bonds is 3. The quantitative estimate of drug-likeness (QED) is 0.904. The van der Waals surface area contributed by atoms with E-state index in [1.165, 1.54) is 19.3 Å². The summed E-state index contributed by atoms with van der Waals surface area (Å²) in [4.78, 5) is 4.34. The number of hydrogen-bond acceptors (Lipinski definition) is 3. The molecule has 3 nitrogen and oxygen atoms in total. The van der Waals surface area contributed by atoms with Gasteiger partial charge < -0.3 is 5.32 Å². The van der Waals surface area contributed by atoms with E-state index in [1.54, 1.807) is 0 Å². The van der Waals surface area contributed by atoms with Crippen LogP contribution in [0.2, 0.25) is 0 Å². The standard InChI is InChI=1S/C16H17N3/c1-11(12-5-4-6-12)18-16-9-13(10-17)19-15-8-3-2-7-14(15)16/h2-3,7-9,11-12H,4-6H2,1H3,(H,18,19). The van der Waals surface area contributed by atoms with Gasteiger partial charge in [0.25, 0.3) is 0 Å². The molecule has 1 aliphatic carbocycles. The lowest BCUT2D eigenvalue weighted by molar-refractivity contribution is 0.285. The molecule has 0 radical (unpaired) electrons. The molecule has 1 aliphatic rings. The van der Waals surface area contributed by atoms with E-state index in [0.29, 0.717) is 11.7 Å². The number of nitriles is 1. The van der Waals surface area contributed by atoms with E-state index in [-0.39, 0.29) is 0 Å². The summed E-state index contributed by atoms with van der Waals surface area (Å²) < 4.78 is 0. The van der Waals surface area contributed by atoms with Crippen LogP contribution < -0.4 is 5.32 Å². The maximum Gasteiger partial charge on any atom is 0.143 e. The van der Waals surface area contributed by atoms with Gasteiger partial charge in [0.05, 0.1) is 5.52 Å². The van der Waals surface area contributed by atoms with Crippen LogP contribution in [-0.4, -0.2) is 11.0 Å². The Labute approximate surface area is 113 Å². The van der Waals surface area contributed by atoms with Crippen LogP contribution in [0.1, 0.15) is 31.9 Å². The second-order valence-corrected chi connectivity index (χ2v) is 5.31. The van der Waals surface area contributed by atoms with Gasteiger partial charge in [0.1, 0.15) is 11.8 Å². The fourth-order valence-corrected chi connectivity index (χ4v) is 2.66. The van der Waals surface area contributed by atoms with Gasteiger partial charge in [-0.15, -0.1) is 0 Å². The van der Waals surface area contributed by atoms with E-state index in [9.17, 15) is 0 Å². The molecular weight excluding hydrogens is 234 g/mol. The molecule has 0 amide bonds. The summed E-state index contributed by atoms with van der Waals surface area (Å²) in [6, 6.07) is 12.4. The number of benzene rings is 1. The summed E-state index contributed by atoms with van der Waals surface area (Å²) in [6.45, 7) is 2.23. The van der Waals surface area contributed by atoms with E-state index in [4.69, 9.17) is 5.26 Å². The average molecular weight is 251 g/mol. The lowest BCUT2D eigenvalue weighted by Gasteiger charge is -2.32. The Balaban J connectivity index is 1.98. The van der Waals surface area contributed by atoms with Gasteiger partial charge in [-0.2, -0.15) is 5.26 Å². The highest BCUT2D eigenvalue weighted by atomic mass is 14.9. The number of para-hydroxylation sites is 1. The Hall–Kier alpha value is -2.08.